The lowest BCUT2D eigenvalue weighted by Gasteiger charge is -2.16. The predicted molar refractivity (Wildman–Crippen MR) is 73.9 cm³/mol. The smallest absolute Gasteiger partial charge is 0.227 e. The highest BCUT2D eigenvalue weighted by Gasteiger charge is 2.38. The highest BCUT2D eigenvalue weighted by molar-refractivity contribution is 6.34. The standard InChI is InChI=1S/C15H8ClF3N2/c16-13-11-3-1-2-4-12(11)20-14(21-13)15(18,19)9-5-7-10(17)8-6-9/h1-8H. The summed E-state index contributed by atoms with van der Waals surface area (Å²) in [5.74, 6) is -4.76. The highest BCUT2D eigenvalue weighted by atomic mass is 35.5. The van der Waals surface area contributed by atoms with Gasteiger partial charge in [-0.3, -0.25) is 0 Å². The summed E-state index contributed by atoms with van der Waals surface area (Å²) in [7, 11) is 0. The summed E-state index contributed by atoms with van der Waals surface area (Å²) >= 11 is 5.94. The molecule has 0 amide bonds. The predicted octanol–water partition coefficient (Wildman–Crippen LogP) is 4.56. The second kappa shape index (κ2) is 5.00. The van der Waals surface area contributed by atoms with E-state index in [1.807, 2.05) is 0 Å². The molecule has 21 heavy (non-hydrogen) atoms. The number of aromatic nitrogens is 2. The molecule has 106 valence electrons. The van der Waals surface area contributed by atoms with Crippen LogP contribution in [0.2, 0.25) is 5.15 Å². The topological polar surface area (TPSA) is 25.8 Å². The van der Waals surface area contributed by atoms with Crippen molar-refractivity contribution in [2.45, 2.75) is 5.92 Å². The first-order chi connectivity index (χ1) is 9.98. The van der Waals surface area contributed by atoms with Gasteiger partial charge in [0.25, 0.3) is 0 Å². The van der Waals surface area contributed by atoms with Gasteiger partial charge in [-0.15, -0.1) is 0 Å². The van der Waals surface area contributed by atoms with E-state index in [-0.39, 0.29) is 5.15 Å². The van der Waals surface area contributed by atoms with Crippen molar-refractivity contribution in [3.63, 3.8) is 0 Å². The number of alkyl halides is 2. The van der Waals surface area contributed by atoms with Crippen molar-refractivity contribution in [1.29, 1.82) is 0 Å². The summed E-state index contributed by atoms with van der Waals surface area (Å²) < 4.78 is 41.7. The Kier molecular flexibility index (Phi) is 3.29. The summed E-state index contributed by atoms with van der Waals surface area (Å²) in [6, 6.07) is 10.5. The summed E-state index contributed by atoms with van der Waals surface area (Å²) in [6.45, 7) is 0. The van der Waals surface area contributed by atoms with Gasteiger partial charge in [0.05, 0.1) is 5.52 Å². The van der Waals surface area contributed by atoms with Gasteiger partial charge in [0, 0.05) is 10.9 Å². The maximum atomic E-state index is 14.4. The van der Waals surface area contributed by atoms with E-state index in [0.29, 0.717) is 10.9 Å². The van der Waals surface area contributed by atoms with Gasteiger partial charge in [0.15, 0.2) is 0 Å². The summed E-state index contributed by atoms with van der Waals surface area (Å²) in [5.41, 5.74) is -0.0652. The lowest BCUT2D eigenvalue weighted by Crippen LogP contribution is -2.19. The second-order valence-corrected chi connectivity index (χ2v) is 4.79. The Labute approximate surface area is 123 Å². The number of fused-ring (bicyclic) bond motifs is 1. The SMILES string of the molecule is Fc1ccc(C(F)(F)c2nc(Cl)c3ccccc3n2)cc1. The molecule has 0 bridgehead atoms. The monoisotopic (exact) mass is 308 g/mol. The molecule has 0 radical (unpaired) electrons. The maximum absolute atomic E-state index is 14.4. The molecule has 0 saturated carbocycles. The van der Waals surface area contributed by atoms with Crippen molar-refractivity contribution in [2.24, 2.45) is 0 Å². The van der Waals surface area contributed by atoms with Crippen molar-refractivity contribution in [1.82, 2.24) is 9.97 Å². The van der Waals surface area contributed by atoms with Gasteiger partial charge in [0.1, 0.15) is 11.0 Å². The minimum atomic E-state index is -3.46. The summed E-state index contributed by atoms with van der Waals surface area (Å²) in [5, 5.41) is 0.454. The number of hydrogen-bond donors (Lipinski definition) is 0. The molecule has 0 aliphatic heterocycles. The normalized spacial score (nSPS) is 11.8. The lowest BCUT2D eigenvalue weighted by molar-refractivity contribution is 0.0331. The van der Waals surface area contributed by atoms with E-state index in [9.17, 15) is 13.2 Å². The number of rotatable bonds is 2. The number of nitrogens with zero attached hydrogens (tertiary/aromatic N) is 2. The van der Waals surface area contributed by atoms with Gasteiger partial charge in [0.2, 0.25) is 5.82 Å². The molecule has 3 rings (SSSR count). The van der Waals surface area contributed by atoms with Crippen molar-refractivity contribution in [2.75, 3.05) is 0 Å². The fourth-order valence-electron chi connectivity index (χ4n) is 1.97. The van der Waals surface area contributed by atoms with Crippen LogP contribution in [0.25, 0.3) is 10.9 Å². The van der Waals surface area contributed by atoms with Crippen LogP contribution in [0.1, 0.15) is 11.4 Å². The summed E-state index contributed by atoms with van der Waals surface area (Å²) in [6.07, 6.45) is 0. The van der Waals surface area contributed by atoms with Crippen LogP contribution in [0.4, 0.5) is 13.2 Å². The number of para-hydroxylation sites is 1. The Balaban J connectivity index is 2.16. The van der Waals surface area contributed by atoms with Gasteiger partial charge < -0.3 is 0 Å². The molecular formula is C15H8ClF3N2. The molecule has 3 aromatic rings. The van der Waals surface area contributed by atoms with Gasteiger partial charge in [-0.2, -0.15) is 8.78 Å². The van der Waals surface area contributed by atoms with Gasteiger partial charge in [-0.05, 0) is 36.4 Å². The van der Waals surface area contributed by atoms with Crippen LogP contribution in [-0.2, 0) is 5.92 Å². The van der Waals surface area contributed by atoms with Gasteiger partial charge >= 0.3 is 5.92 Å². The van der Waals surface area contributed by atoms with E-state index >= 15 is 0 Å². The van der Waals surface area contributed by atoms with Crippen LogP contribution in [0.5, 0.6) is 0 Å². The number of halogens is 4. The molecule has 2 aromatic carbocycles. The third-order valence-corrected chi connectivity index (χ3v) is 3.33. The number of hydrogen-bond acceptors (Lipinski definition) is 2. The van der Waals surface area contributed by atoms with Crippen molar-refractivity contribution < 1.29 is 13.2 Å². The van der Waals surface area contributed by atoms with E-state index in [4.69, 9.17) is 11.6 Å². The Morgan fingerprint density at radius 3 is 2.29 bits per heavy atom. The van der Waals surface area contributed by atoms with E-state index < -0.39 is 23.1 Å². The Hall–Kier alpha value is -2.14. The van der Waals surface area contributed by atoms with E-state index in [0.717, 1.165) is 24.3 Å². The Morgan fingerprint density at radius 2 is 1.57 bits per heavy atom. The third-order valence-electron chi connectivity index (χ3n) is 3.04. The number of benzene rings is 2. The zero-order valence-corrected chi connectivity index (χ0v) is 11.3. The lowest BCUT2D eigenvalue weighted by atomic mass is 10.1. The maximum Gasteiger partial charge on any atom is 0.331 e. The molecule has 0 spiro atoms. The first kappa shape index (κ1) is 13.8. The average Bonchev–Trinajstić information content (AvgIpc) is 2.47. The fourth-order valence-corrected chi connectivity index (χ4v) is 2.21. The molecule has 1 heterocycles. The van der Waals surface area contributed by atoms with Gasteiger partial charge in [-0.1, -0.05) is 23.7 Å². The zero-order chi connectivity index (χ0) is 15.0. The van der Waals surface area contributed by atoms with Gasteiger partial charge in [-0.25, -0.2) is 14.4 Å². The minimum Gasteiger partial charge on any atom is -0.227 e. The molecule has 0 saturated heterocycles. The van der Waals surface area contributed by atoms with E-state index in [2.05, 4.69) is 9.97 Å². The minimum absolute atomic E-state index is 0.0441. The molecule has 0 atom stereocenters. The second-order valence-electron chi connectivity index (χ2n) is 4.44. The average molecular weight is 309 g/mol. The zero-order valence-electron chi connectivity index (χ0n) is 10.5. The molecule has 0 N–H and O–H groups in total. The molecule has 0 unspecified atom stereocenters. The molecule has 0 aliphatic carbocycles. The van der Waals surface area contributed by atoms with E-state index in [1.165, 1.54) is 0 Å². The molecular weight excluding hydrogens is 301 g/mol. The van der Waals surface area contributed by atoms with Crippen LogP contribution in [0, 0.1) is 5.82 Å². The molecule has 2 nitrogen and oxygen atoms in total. The first-order valence-electron chi connectivity index (χ1n) is 6.05. The molecule has 0 fully saturated rings. The van der Waals surface area contributed by atoms with Crippen molar-refractivity contribution >= 4 is 22.5 Å². The summed E-state index contributed by atoms with van der Waals surface area (Å²) in [4.78, 5) is 7.55. The van der Waals surface area contributed by atoms with Crippen molar-refractivity contribution in [3.05, 3.63) is 70.9 Å². The quantitative estimate of drug-likeness (QED) is 0.648. The Morgan fingerprint density at radius 1 is 0.905 bits per heavy atom. The van der Waals surface area contributed by atoms with Crippen LogP contribution >= 0.6 is 11.6 Å². The molecule has 6 heteroatoms. The van der Waals surface area contributed by atoms with Crippen LogP contribution in [0.15, 0.2) is 48.5 Å². The molecule has 1 aromatic heterocycles. The van der Waals surface area contributed by atoms with Crippen molar-refractivity contribution in [3.8, 4) is 0 Å². The Bertz CT molecular complexity index is 804. The van der Waals surface area contributed by atoms with Crippen LogP contribution < -0.4 is 0 Å². The highest BCUT2D eigenvalue weighted by Crippen LogP contribution is 2.35. The largest absolute Gasteiger partial charge is 0.331 e. The third kappa shape index (κ3) is 2.45. The van der Waals surface area contributed by atoms with Crippen LogP contribution in [0.3, 0.4) is 0 Å². The van der Waals surface area contributed by atoms with Crippen LogP contribution in [-0.4, -0.2) is 9.97 Å². The molecule has 0 aliphatic rings. The fraction of sp³-hybridized carbons (Fsp3) is 0.0667. The first-order valence-corrected chi connectivity index (χ1v) is 6.43. The van der Waals surface area contributed by atoms with E-state index in [1.54, 1.807) is 24.3 Å².